The molecule has 0 spiro atoms. The lowest BCUT2D eigenvalue weighted by molar-refractivity contribution is 0.189. The Morgan fingerprint density at radius 3 is 2.95 bits per heavy atom. The van der Waals surface area contributed by atoms with Gasteiger partial charge in [0.1, 0.15) is 12.4 Å². The molecule has 2 rings (SSSR count). The van der Waals surface area contributed by atoms with Crippen molar-refractivity contribution in [2.75, 3.05) is 0 Å². The molecule has 0 unspecified atom stereocenters. The second kappa shape index (κ2) is 6.90. The Bertz CT molecular complexity index is 567. The van der Waals surface area contributed by atoms with E-state index in [0.717, 1.165) is 28.7 Å². The first-order chi connectivity index (χ1) is 9.61. The minimum Gasteiger partial charge on any atom is -0.487 e. The van der Waals surface area contributed by atoms with E-state index in [9.17, 15) is 5.11 Å². The van der Waals surface area contributed by atoms with Gasteiger partial charge in [-0.1, -0.05) is 22.9 Å². The van der Waals surface area contributed by atoms with E-state index in [-0.39, 0.29) is 0 Å². The van der Waals surface area contributed by atoms with Crippen molar-refractivity contribution in [3.63, 3.8) is 0 Å². The first-order valence-corrected chi connectivity index (χ1v) is 7.50. The highest BCUT2D eigenvalue weighted by Gasteiger charge is 2.11. The van der Waals surface area contributed by atoms with Crippen molar-refractivity contribution in [2.24, 2.45) is 0 Å². The number of imidazole rings is 1. The Morgan fingerprint density at radius 2 is 2.25 bits per heavy atom. The summed E-state index contributed by atoms with van der Waals surface area (Å²) in [5.74, 6) is 0.701. The van der Waals surface area contributed by atoms with Gasteiger partial charge in [0, 0.05) is 16.6 Å². The van der Waals surface area contributed by atoms with Gasteiger partial charge in [-0.05, 0) is 31.5 Å². The second-order valence-electron chi connectivity index (χ2n) is 4.73. The van der Waals surface area contributed by atoms with Crippen molar-refractivity contribution in [1.29, 1.82) is 0 Å². The third-order valence-electron chi connectivity index (χ3n) is 3.06. The molecule has 0 aliphatic carbocycles. The van der Waals surface area contributed by atoms with E-state index >= 15 is 0 Å². The molecule has 0 saturated heterocycles. The van der Waals surface area contributed by atoms with Crippen LogP contribution in [0.15, 0.2) is 35.2 Å². The summed E-state index contributed by atoms with van der Waals surface area (Å²) in [7, 11) is 0. The van der Waals surface area contributed by atoms with E-state index in [0.29, 0.717) is 12.4 Å². The molecule has 0 bridgehead atoms. The molecule has 1 atom stereocenters. The summed E-state index contributed by atoms with van der Waals surface area (Å²) >= 11 is 3.41. The number of aromatic nitrogens is 2. The highest BCUT2D eigenvalue weighted by atomic mass is 79.9. The summed E-state index contributed by atoms with van der Waals surface area (Å²) in [6.07, 6.45) is 4.12. The molecule has 1 aromatic heterocycles. The van der Waals surface area contributed by atoms with Gasteiger partial charge < -0.3 is 14.4 Å². The summed E-state index contributed by atoms with van der Waals surface area (Å²) in [5, 5.41) is 9.81. The SMILES string of the molecule is CCCn1cncc1COc1ccc(Br)cc1[C@H](C)O. The topological polar surface area (TPSA) is 47.3 Å². The van der Waals surface area contributed by atoms with Crippen LogP contribution in [0.2, 0.25) is 0 Å². The van der Waals surface area contributed by atoms with Crippen LogP contribution in [-0.4, -0.2) is 14.7 Å². The van der Waals surface area contributed by atoms with Crippen molar-refractivity contribution in [3.05, 3.63) is 46.5 Å². The highest BCUT2D eigenvalue weighted by molar-refractivity contribution is 9.10. The summed E-state index contributed by atoms with van der Waals surface area (Å²) < 4.78 is 8.85. The maximum Gasteiger partial charge on any atom is 0.130 e. The van der Waals surface area contributed by atoms with Crippen molar-refractivity contribution in [3.8, 4) is 5.75 Å². The predicted molar refractivity (Wildman–Crippen MR) is 81.6 cm³/mol. The molecule has 1 heterocycles. The molecular formula is C15H19BrN2O2. The summed E-state index contributed by atoms with van der Waals surface area (Å²) in [5.41, 5.74) is 1.81. The summed E-state index contributed by atoms with van der Waals surface area (Å²) in [6, 6.07) is 5.65. The predicted octanol–water partition coefficient (Wildman–Crippen LogP) is 3.69. The lowest BCUT2D eigenvalue weighted by atomic mass is 10.1. The zero-order chi connectivity index (χ0) is 14.5. The third-order valence-corrected chi connectivity index (χ3v) is 3.55. The van der Waals surface area contributed by atoms with Crippen LogP contribution in [0.1, 0.15) is 37.6 Å². The van der Waals surface area contributed by atoms with E-state index in [1.807, 2.05) is 30.7 Å². The molecule has 5 heteroatoms. The molecule has 0 saturated carbocycles. The molecule has 1 aromatic carbocycles. The monoisotopic (exact) mass is 338 g/mol. The first kappa shape index (κ1) is 15.1. The lowest BCUT2D eigenvalue weighted by Gasteiger charge is -2.14. The minimum atomic E-state index is -0.567. The van der Waals surface area contributed by atoms with Crippen LogP contribution in [-0.2, 0) is 13.2 Å². The molecule has 108 valence electrons. The van der Waals surface area contributed by atoms with Gasteiger partial charge in [-0.25, -0.2) is 4.98 Å². The average Bonchev–Trinajstić information content (AvgIpc) is 2.85. The van der Waals surface area contributed by atoms with Gasteiger partial charge in [-0.3, -0.25) is 0 Å². The van der Waals surface area contributed by atoms with Gasteiger partial charge in [-0.15, -0.1) is 0 Å². The zero-order valence-electron chi connectivity index (χ0n) is 11.7. The van der Waals surface area contributed by atoms with E-state index in [2.05, 4.69) is 32.4 Å². The van der Waals surface area contributed by atoms with Crippen LogP contribution >= 0.6 is 15.9 Å². The summed E-state index contributed by atoms with van der Waals surface area (Å²) in [6.45, 7) is 5.24. The van der Waals surface area contributed by atoms with Gasteiger partial charge >= 0.3 is 0 Å². The van der Waals surface area contributed by atoms with Gasteiger partial charge in [0.2, 0.25) is 0 Å². The van der Waals surface area contributed by atoms with Crippen LogP contribution < -0.4 is 4.74 Å². The molecule has 0 fully saturated rings. The molecule has 0 amide bonds. The molecule has 20 heavy (non-hydrogen) atoms. The van der Waals surface area contributed by atoms with Crippen molar-refractivity contribution in [1.82, 2.24) is 9.55 Å². The van der Waals surface area contributed by atoms with Gasteiger partial charge in [0.05, 0.1) is 24.3 Å². The fraction of sp³-hybridized carbons (Fsp3) is 0.400. The van der Waals surface area contributed by atoms with Gasteiger partial charge in [-0.2, -0.15) is 0 Å². The standard InChI is InChI=1S/C15H19BrN2O2/c1-3-6-18-10-17-8-13(18)9-20-15-5-4-12(16)7-14(15)11(2)19/h4-5,7-8,10-11,19H,3,6,9H2,1-2H3/t11-/m0/s1. The van der Waals surface area contributed by atoms with E-state index in [1.54, 1.807) is 6.92 Å². The van der Waals surface area contributed by atoms with Crippen LogP contribution in [0.4, 0.5) is 0 Å². The Hall–Kier alpha value is -1.33. The fourth-order valence-corrected chi connectivity index (χ4v) is 2.42. The van der Waals surface area contributed by atoms with E-state index < -0.39 is 6.10 Å². The smallest absolute Gasteiger partial charge is 0.130 e. The van der Waals surface area contributed by atoms with Crippen LogP contribution in [0, 0.1) is 0 Å². The number of aliphatic hydroxyl groups excluding tert-OH is 1. The maximum absolute atomic E-state index is 9.81. The maximum atomic E-state index is 9.81. The normalized spacial score (nSPS) is 12.4. The van der Waals surface area contributed by atoms with Crippen molar-refractivity contribution < 1.29 is 9.84 Å². The molecule has 1 N–H and O–H groups in total. The number of hydrogen-bond donors (Lipinski definition) is 1. The quantitative estimate of drug-likeness (QED) is 0.873. The first-order valence-electron chi connectivity index (χ1n) is 6.71. The van der Waals surface area contributed by atoms with E-state index in [4.69, 9.17) is 4.74 Å². The Balaban J connectivity index is 2.12. The molecular weight excluding hydrogens is 320 g/mol. The number of aliphatic hydroxyl groups is 1. The number of benzene rings is 1. The Kier molecular flexibility index (Phi) is 5.20. The van der Waals surface area contributed by atoms with Crippen LogP contribution in [0.5, 0.6) is 5.75 Å². The average molecular weight is 339 g/mol. The Morgan fingerprint density at radius 1 is 1.45 bits per heavy atom. The fourth-order valence-electron chi connectivity index (χ4n) is 2.04. The molecule has 0 aliphatic heterocycles. The number of rotatable bonds is 6. The van der Waals surface area contributed by atoms with Gasteiger partial charge in [0.15, 0.2) is 0 Å². The van der Waals surface area contributed by atoms with Crippen molar-refractivity contribution >= 4 is 15.9 Å². The minimum absolute atomic E-state index is 0.446. The van der Waals surface area contributed by atoms with Crippen molar-refractivity contribution in [2.45, 2.75) is 39.5 Å². The number of ether oxygens (including phenoxy) is 1. The number of nitrogens with zero attached hydrogens (tertiary/aromatic N) is 2. The van der Waals surface area contributed by atoms with Crippen LogP contribution in [0.25, 0.3) is 0 Å². The lowest BCUT2D eigenvalue weighted by Crippen LogP contribution is -2.06. The van der Waals surface area contributed by atoms with Crippen LogP contribution in [0.3, 0.4) is 0 Å². The number of hydrogen-bond acceptors (Lipinski definition) is 3. The van der Waals surface area contributed by atoms with E-state index in [1.165, 1.54) is 0 Å². The van der Waals surface area contributed by atoms with Gasteiger partial charge in [0.25, 0.3) is 0 Å². The molecule has 0 aliphatic rings. The Labute approximate surface area is 127 Å². The zero-order valence-corrected chi connectivity index (χ0v) is 13.3. The molecule has 0 radical (unpaired) electrons. The second-order valence-corrected chi connectivity index (χ2v) is 5.64. The number of halogens is 1. The summed E-state index contributed by atoms with van der Waals surface area (Å²) in [4.78, 5) is 4.15. The molecule has 2 aromatic rings. The number of aryl methyl sites for hydroxylation is 1. The largest absolute Gasteiger partial charge is 0.487 e. The highest BCUT2D eigenvalue weighted by Crippen LogP contribution is 2.29. The third kappa shape index (κ3) is 3.61. The molecule has 4 nitrogen and oxygen atoms in total.